The van der Waals surface area contributed by atoms with Gasteiger partial charge in [-0.05, 0) is 30.2 Å². The van der Waals surface area contributed by atoms with Gasteiger partial charge in [0, 0.05) is 17.6 Å². The van der Waals surface area contributed by atoms with Crippen LogP contribution in [0.2, 0.25) is 0 Å². The molecule has 15 heavy (non-hydrogen) atoms. The van der Waals surface area contributed by atoms with Crippen molar-refractivity contribution in [2.45, 2.75) is 45.7 Å². The molecule has 3 atom stereocenters. The first-order chi connectivity index (χ1) is 7.01. The zero-order chi connectivity index (χ0) is 11.8. The summed E-state index contributed by atoms with van der Waals surface area (Å²) in [5.74, 6) is 0.611. The lowest BCUT2D eigenvalue weighted by molar-refractivity contribution is 0.217. The first-order valence-corrected chi connectivity index (χ1v) is 5.41. The van der Waals surface area contributed by atoms with E-state index < -0.39 is 0 Å². The van der Waals surface area contributed by atoms with Gasteiger partial charge in [0.1, 0.15) is 0 Å². The minimum Gasteiger partial charge on any atom is -0.396 e. The van der Waals surface area contributed by atoms with Gasteiger partial charge >= 0.3 is 0 Å². The predicted molar refractivity (Wildman–Crippen MR) is 61.2 cm³/mol. The summed E-state index contributed by atoms with van der Waals surface area (Å²) in [6, 6.07) is -0.325. The van der Waals surface area contributed by atoms with Crippen molar-refractivity contribution in [3.8, 4) is 0 Å². The highest BCUT2D eigenvalue weighted by Crippen LogP contribution is 2.16. The van der Waals surface area contributed by atoms with E-state index in [4.69, 9.17) is 16.4 Å². The average molecular weight is 214 g/mol. The molecule has 0 aromatic carbocycles. The second-order valence-corrected chi connectivity index (χ2v) is 4.59. The van der Waals surface area contributed by atoms with Crippen molar-refractivity contribution < 1.29 is 5.11 Å². The Morgan fingerprint density at radius 3 is 2.33 bits per heavy atom. The number of nitrogens with two attached hydrogens (primary N) is 1. The Morgan fingerprint density at radius 2 is 1.93 bits per heavy atom. The molecule has 0 bridgehead atoms. The first kappa shape index (κ1) is 14.2. The summed E-state index contributed by atoms with van der Waals surface area (Å²) in [5.41, 5.74) is 14.4. The van der Waals surface area contributed by atoms with E-state index in [0.717, 1.165) is 6.42 Å². The zero-order valence-corrected chi connectivity index (χ0v) is 9.80. The van der Waals surface area contributed by atoms with Crippen LogP contribution in [0.15, 0.2) is 5.11 Å². The monoisotopic (exact) mass is 214 g/mol. The molecule has 0 aliphatic rings. The van der Waals surface area contributed by atoms with Gasteiger partial charge in [0.15, 0.2) is 0 Å². The molecule has 0 fully saturated rings. The summed E-state index contributed by atoms with van der Waals surface area (Å²) in [4.78, 5) is 2.82. The maximum absolute atomic E-state index is 8.94. The van der Waals surface area contributed by atoms with Crippen molar-refractivity contribution in [2.75, 3.05) is 6.61 Å². The number of aliphatic hydroxyl groups is 1. The summed E-state index contributed by atoms with van der Waals surface area (Å²) < 4.78 is 0. The predicted octanol–water partition coefficient (Wildman–Crippen LogP) is 2.06. The Kier molecular flexibility index (Phi) is 7.13. The molecule has 88 valence electrons. The van der Waals surface area contributed by atoms with E-state index in [9.17, 15) is 0 Å². The third-order valence-electron chi connectivity index (χ3n) is 2.39. The van der Waals surface area contributed by atoms with Gasteiger partial charge in [0.2, 0.25) is 0 Å². The molecule has 5 nitrogen and oxygen atoms in total. The van der Waals surface area contributed by atoms with Crippen molar-refractivity contribution in [1.29, 1.82) is 0 Å². The van der Waals surface area contributed by atoms with Crippen molar-refractivity contribution in [3.63, 3.8) is 0 Å². The van der Waals surface area contributed by atoms with Gasteiger partial charge in [-0.1, -0.05) is 25.9 Å². The highest BCUT2D eigenvalue weighted by molar-refractivity contribution is 4.82. The Labute approximate surface area is 91.3 Å². The van der Waals surface area contributed by atoms with Gasteiger partial charge in [-0.3, -0.25) is 0 Å². The zero-order valence-electron chi connectivity index (χ0n) is 9.80. The fourth-order valence-corrected chi connectivity index (χ4v) is 1.56. The van der Waals surface area contributed by atoms with E-state index in [1.165, 1.54) is 0 Å². The fraction of sp³-hybridized carbons (Fsp3) is 1.00. The largest absolute Gasteiger partial charge is 0.396 e. The maximum atomic E-state index is 8.94. The van der Waals surface area contributed by atoms with Gasteiger partial charge in [-0.25, -0.2) is 0 Å². The van der Waals surface area contributed by atoms with Gasteiger partial charge in [-0.2, -0.15) is 0 Å². The average Bonchev–Trinajstić information content (AvgIpc) is 2.15. The lowest BCUT2D eigenvalue weighted by atomic mass is 9.92. The molecule has 3 N–H and O–H groups in total. The SMILES string of the molecule is CC(C)CC(N)C(CC(C)CO)N=[N+]=[N-]. The van der Waals surface area contributed by atoms with Crippen LogP contribution >= 0.6 is 0 Å². The minimum atomic E-state index is -0.209. The molecule has 0 spiro atoms. The Balaban J connectivity index is 4.30. The Morgan fingerprint density at radius 1 is 1.33 bits per heavy atom. The third-order valence-corrected chi connectivity index (χ3v) is 2.39. The smallest absolute Gasteiger partial charge is 0.0528 e. The van der Waals surface area contributed by atoms with E-state index in [0.29, 0.717) is 12.3 Å². The number of azide groups is 1. The number of aliphatic hydroxyl groups excluding tert-OH is 1. The number of hydrogen-bond acceptors (Lipinski definition) is 3. The van der Waals surface area contributed by atoms with Gasteiger partial charge < -0.3 is 10.8 Å². The Hall–Kier alpha value is -0.770. The van der Waals surface area contributed by atoms with Crippen LogP contribution in [-0.4, -0.2) is 23.8 Å². The molecule has 0 aliphatic carbocycles. The second-order valence-electron chi connectivity index (χ2n) is 4.59. The molecule has 0 amide bonds. The summed E-state index contributed by atoms with van der Waals surface area (Å²) in [7, 11) is 0. The molecular formula is C10H22N4O. The molecule has 0 saturated carbocycles. The van der Waals surface area contributed by atoms with Crippen LogP contribution in [0.1, 0.15) is 33.6 Å². The highest BCUT2D eigenvalue weighted by atomic mass is 16.3. The summed E-state index contributed by atoms with van der Waals surface area (Å²) in [6.07, 6.45) is 1.48. The van der Waals surface area contributed by atoms with Crippen LogP contribution in [0.4, 0.5) is 0 Å². The van der Waals surface area contributed by atoms with Crippen LogP contribution < -0.4 is 5.73 Å². The fourth-order valence-electron chi connectivity index (χ4n) is 1.56. The number of rotatable bonds is 7. The second kappa shape index (κ2) is 7.51. The molecule has 0 saturated heterocycles. The van der Waals surface area contributed by atoms with Gasteiger partial charge in [-0.15, -0.1) is 0 Å². The van der Waals surface area contributed by atoms with Crippen LogP contribution in [0, 0.1) is 11.8 Å². The van der Waals surface area contributed by atoms with Crippen LogP contribution in [0.25, 0.3) is 10.4 Å². The quantitative estimate of drug-likeness (QED) is 0.385. The lowest BCUT2D eigenvalue weighted by Gasteiger charge is -2.23. The normalized spacial score (nSPS) is 16.9. The third kappa shape index (κ3) is 6.33. The van der Waals surface area contributed by atoms with Crippen molar-refractivity contribution >= 4 is 0 Å². The molecular weight excluding hydrogens is 192 g/mol. The van der Waals surface area contributed by atoms with Crippen LogP contribution in [0.5, 0.6) is 0 Å². The van der Waals surface area contributed by atoms with Crippen molar-refractivity contribution in [2.24, 2.45) is 22.7 Å². The van der Waals surface area contributed by atoms with Crippen molar-refractivity contribution in [3.05, 3.63) is 10.4 Å². The van der Waals surface area contributed by atoms with Crippen molar-refractivity contribution in [1.82, 2.24) is 0 Å². The standard InChI is InChI=1S/C10H22N4O/c1-7(2)4-9(11)10(13-14-12)5-8(3)6-15/h7-10,15H,4-6,11H2,1-3H3. The van der Waals surface area contributed by atoms with Crippen LogP contribution in [0.3, 0.4) is 0 Å². The molecule has 5 heteroatoms. The molecule has 0 heterocycles. The van der Waals surface area contributed by atoms with Crippen LogP contribution in [-0.2, 0) is 0 Å². The number of nitrogens with zero attached hydrogens (tertiary/aromatic N) is 3. The topological polar surface area (TPSA) is 95.0 Å². The van der Waals surface area contributed by atoms with E-state index in [-0.39, 0.29) is 24.6 Å². The molecule has 0 rings (SSSR count). The Bertz CT molecular complexity index is 213. The van der Waals surface area contributed by atoms with Gasteiger partial charge in [0.05, 0.1) is 6.04 Å². The van der Waals surface area contributed by atoms with E-state index in [1.807, 2.05) is 6.92 Å². The van der Waals surface area contributed by atoms with E-state index in [1.54, 1.807) is 0 Å². The van der Waals surface area contributed by atoms with E-state index >= 15 is 0 Å². The number of hydrogen-bond donors (Lipinski definition) is 2. The molecule has 0 aromatic rings. The summed E-state index contributed by atoms with van der Waals surface area (Å²) >= 11 is 0. The van der Waals surface area contributed by atoms with E-state index in [2.05, 4.69) is 23.9 Å². The maximum Gasteiger partial charge on any atom is 0.0528 e. The summed E-state index contributed by atoms with van der Waals surface area (Å²) in [5, 5.41) is 12.6. The molecule has 0 aromatic heterocycles. The minimum absolute atomic E-state index is 0.103. The lowest BCUT2D eigenvalue weighted by Crippen LogP contribution is -2.36. The molecule has 3 unspecified atom stereocenters. The first-order valence-electron chi connectivity index (χ1n) is 5.41. The summed E-state index contributed by atoms with van der Waals surface area (Å²) in [6.45, 7) is 6.19. The highest BCUT2D eigenvalue weighted by Gasteiger charge is 2.19. The molecule has 0 aliphatic heterocycles. The molecule has 0 radical (unpaired) electrons. The van der Waals surface area contributed by atoms with Gasteiger partial charge in [0.25, 0.3) is 0 Å².